The first-order valence-corrected chi connectivity index (χ1v) is 19.5. The number of amides is 1. The summed E-state index contributed by atoms with van der Waals surface area (Å²) in [6, 6.07) is -0.276. The molecule has 0 aliphatic carbocycles. The molecule has 264 valence electrons. The average molecular weight is 678 g/mol. The molecule has 8 nitrogen and oxygen atoms in total. The lowest BCUT2D eigenvalue weighted by Crippen LogP contribution is -2.51. The standard InChI is InChI=1S/C36H68N7OPS/c1-29(2)21-19-17-15-13-11-9-7-6-8-10-12-14-16-18-20-23-39-34(25-32-26-38-28-40-32)31(5)41-42-33(36(37)44)22-24-46-27-35(43-45)30(3)4/h26,28,33-35,39,41-43H,1,3,5-25,27,45H2,2,4H3,(H2,37,44)(H,38,40). The van der Waals surface area contributed by atoms with Crippen LogP contribution >= 0.6 is 21.2 Å². The normalized spacial score (nSPS) is 13.3. The highest BCUT2D eigenvalue weighted by Crippen LogP contribution is 2.15. The summed E-state index contributed by atoms with van der Waals surface area (Å²) in [6.45, 7) is 17.3. The monoisotopic (exact) mass is 677 g/mol. The number of unbranched alkanes of at least 4 members (excludes halogenated alkanes) is 14. The first-order chi connectivity index (χ1) is 22.2. The van der Waals surface area contributed by atoms with Crippen molar-refractivity contribution in [1.82, 2.24) is 31.2 Å². The van der Waals surface area contributed by atoms with E-state index in [0.29, 0.717) is 6.42 Å². The topological polar surface area (TPSA) is 120 Å². The van der Waals surface area contributed by atoms with E-state index in [4.69, 9.17) is 5.73 Å². The minimum Gasteiger partial charge on any atom is -0.368 e. The smallest absolute Gasteiger partial charge is 0.236 e. The molecule has 0 saturated carbocycles. The molecule has 0 bridgehead atoms. The first kappa shape index (κ1) is 42.4. The molecule has 0 spiro atoms. The number of primary amides is 1. The number of thioether (sulfide) groups is 1. The van der Waals surface area contributed by atoms with Crippen LogP contribution in [0.25, 0.3) is 0 Å². The highest BCUT2D eigenvalue weighted by atomic mass is 32.2. The minimum absolute atomic E-state index is 0.0122. The van der Waals surface area contributed by atoms with Crippen molar-refractivity contribution in [2.24, 2.45) is 5.73 Å². The van der Waals surface area contributed by atoms with Crippen molar-refractivity contribution in [3.8, 4) is 0 Å². The lowest BCUT2D eigenvalue weighted by Gasteiger charge is -2.25. The van der Waals surface area contributed by atoms with E-state index < -0.39 is 6.04 Å². The number of nitrogens with two attached hydrogens (primary N) is 1. The molecule has 4 unspecified atom stereocenters. The zero-order chi connectivity index (χ0) is 33.8. The Morgan fingerprint density at radius 2 is 1.46 bits per heavy atom. The fourth-order valence-corrected chi connectivity index (χ4v) is 7.11. The molecule has 0 saturated heterocycles. The van der Waals surface area contributed by atoms with E-state index in [1.807, 2.05) is 13.1 Å². The average Bonchev–Trinajstić information content (AvgIpc) is 3.53. The van der Waals surface area contributed by atoms with E-state index in [9.17, 15) is 4.79 Å². The quantitative estimate of drug-likeness (QED) is 0.0196. The molecule has 10 heteroatoms. The van der Waals surface area contributed by atoms with E-state index in [-0.39, 0.29) is 18.0 Å². The van der Waals surface area contributed by atoms with Crippen molar-refractivity contribution in [1.29, 1.82) is 0 Å². The molecular formula is C36H68N7OPS. The number of imidazole rings is 1. The Morgan fingerprint density at radius 3 is 1.93 bits per heavy atom. The molecule has 0 radical (unpaired) electrons. The Balaban J connectivity index is 2.21. The third-order valence-corrected chi connectivity index (χ3v) is 9.95. The number of H-pyrrole nitrogens is 1. The molecule has 7 N–H and O–H groups in total. The number of hydrazine groups is 1. The van der Waals surface area contributed by atoms with Crippen LogP contribution in [0, 0.1) is 0 Å². The summed E-state index contributed by atoms with van der Waals surface area (Å²) < 4.78 is 0. The Bertz CT molecular complexity index is 943. The van der Waals surface area contributed by atoms with Crippen LogP contribution in [0.3, 0.4) is 0 Å². The van der Waals surface area contributed by atoms with Crippen molar-refractivity contribution >= 4 is 27.1 Å². The number of hydrogen-bond acceptors (Lipinski definition) is 7. The molecule has 0 aliphatic heterocycles. The van der Waals surface area contributed by atoms with Gasteiger partial charge in [0.05, 0.1) is 12.4 Å². The highest BCUT2D eigenvalue weighted by molar-refractivity contribution is 7.99. The van der Waals surface area contributed by atoms with Crippen LogP contribution in [0.4, 0.5) is 0 Å². The predicted molar refractivity (Wildman–Crippen MR) is 205 cm³/mol. The summed E-state index contributed by atoms with van der Waals surface area (Å²) in [7, 11) is 2.55. The number of aromatic amines is 1. The van der Waals surface area contributed by atoms with Crippen molar-refractivity contribution in [3.05, 3.63) is 54.8 Å². The molecule has 0 aliphatic rings. The van der Waals surface area contributed by atoms with Gasteiger partial charge in [0, 0.05) is 35.8 Å². The van der Waals surface area contributed by atoms with Gasteiger partial charge < -0.3 is 21.5 Å². The number of nitrogens with zero attached hydrogens (tertiary/aromatic N) is 1. The van der Waals surface area contributed by atoms with Gasteiger partial charge >= 0.3 is 0 Å². The van der Waals surface area contributed by atoms with Crippen molar-refractivity contribution in [2.45, 2.75) is 148 Å². The Labute approximate surface area is 288 Å². The van der Waals surface area contributed by atoms with Gasteiger partial charge in [0.1, 0.15) is 6.04 Å². The van der Waals surface area contributed by atoms with Gasteiger partial charge in [-0.15, -0.1) is 6.58 Å². The van der Waals surface area contributed by atoms with E-state index >= 15 is 0 Å². The van der Waals surface area contributed by atoms with Crippen molar-refractivity contribution in [2.75, 3.05) is 18.1 Å². The summed E-state index contributed by atoms with van der Waals surface area (Å²) >= 11 is 1.77. The molecule has 1 aromatic rings. The van der Waals surface area contributed by atoms with Gasteiger partial charge in [0.25, 0.3) is 0 Å². The molecule has 4 atom stereocenters. The lowest BCUT2D eigenvalue weighted by atomic mass is 10.0. The van der Waals surface area contributed by atoms with Crippen LogP contribution in [0.2, 0.25) is 0 Å². The molecule has 1 amide bonds. The zero-order valence-electron chi connectivity index (χ0n) is 29.3. The zero-order valence-corrected chi connectivity index (χ0v) is 31.2. The van der Waals surface area contributed by atoms with Gasteiger partial charge in [0.15, 0.2) is 0 Å². The van der Waals surface area contributed by atoms with E-state index in [1.54, 1.807) is 18.1 Å². The molecule has 0 aromatic carbocycles. The van der Waals surface area contributed by atoms with Crippen LogP contribution in [0.15, 0.2) is 49.1 Å². The summed E-state index contributed by atoms with van der Waals surface area (Å²) in [5.41, 5.74) is 16.2. The SMILES string of the molecule is C=C(C)CCCCCCCCCCCCCCCCCNC(Cc1cnc[nH]1)C(=C)NNC(CCSCC(NP)C(=C)C)C(N)=O. The second-order valence-electron chi connectivity index (χ2n) is 13.0. The second kappa shape index (κ2) is 28.4. The van der Waals surface area contributed by atoms with Gasteiger partial charge in [-0.2, -0.15) is 11.8 Å². The Kier molecular flexibility index (Phi) is 26.1. The number of aromatic nitrogens is 2. The van der Waals surface area contributed by atoms with Gasteiger partial charge in [-0.25, -0.2) is 10.4 Å². The number of rotatable bonds is 33. The number of carbonyl (C=O) groups excluding carboxylic acids is 1. The largest absolute Gasteiger partial charge is 0.368 e. The van der Waals surface area contributed by atoms with Crippen LogP contribution in [0.1, 0.15) is 129 Å². The maximum atomic E-state index is 12.1. The number of allylic oxidation sites excluding steroid dienone is 1. The molecule has 1 aromatic heterocycles. The summed E-state index contributed by atoms with van der Waals surface area (Å²) in [5, 5.41) is 6.84. The van der Waals surface area contributed by atoms with Crippen molar-refractivity contribution < 1.29 is 4.79 Å². The molecule has 1 heterocycles. The van der Waals surface area contributed by atoms with Crippen LogP contribution < -0.4 is 27.0 Å². The third kappa shape index (κ3) is 22.8. The highest BCUT2D eigenvalue weighted by Gasteiger charge is 2.19. The predicted octanol–water partition coefficient (Wildman–Crippen LogP) is 7.64. The van der Waals surface area contributed by atoms with E-state index in [2.05, 4.69) is 67.3 Å². The van der Waals surface area contributed by atoms with Gasteiger partial charge in [-0.05, 0) is 51.8 Å². The minimum atomic E-state index is -0.490. The Morgan fingerprint density at radius 1 is 0.891 bits per heavy atom. The van der Waals surface area contributed by atoms with Crippen LogP contribution in [-0.4, -0.2) is 52.1 Å². The first-order valence-electron chi connectivity index (χ1n) is 17.8. The van der Waals surface area contributed by atoms with Crippen molar-refractivity contribution in [3.63, 3.8) is 0 Å². The summed E-state index contributed by atoms with van der Waals surface area (Å²) in [4.78, 5) is 19.5. The Hall–Kier alpha value is -1.64. The van der Waals surface area contributed by atoms with Crippen LogP contribution in [0.5, 0.6) is 0 Å². The maximum absolute atomic E-state index is 12.1. The fourth-order valence-electron chi connectivity index (χ4n) is 5.35. The second-order valence-corrected chi connectivity index (χ2v) is 14.5. The third-order valence-electron chi connectivity index (χ3n) is 8.45. The molecule has 1 rings (SSSR count). The number of carbonyl (C=O) groups is 1. The fraction of sp³-hybridized carbons (Fsp3) is 0.722. The number of nitrogens with one attached hydrogen (secondary N) is 5. The maximum Gasteiger partial charge on any atom is 0.236 e. The van der Waals surface area contributed by atoms with Gasteiger partial charge in [-0.1, -0.05) is 117 Å². The summed E-state index contributed by atoms with van der Waals surface area (Å²) in [5.74, 6) is 1.31. The van der Waals surface area contributed by atoms with Gasteiger partial charge in [-0.3, -0.25) is 9.88 Å². The molecular weight excluding hydrogens is 609 g/mol. The molecule has 46 heavy (non-hydrogen) atoms. The van der Waals surface area contributed by atoms with Gasteiger partial charge in [0.2, 0.25) is 5.91 Å². The van der Waals surface area contributed by atoms with E-state index in [0.717, 1.165) is 47.9 Å². The van der Waals surface area contributed by atoms with E-state index in [1.165, 1.54) is 102 Å². The lowest BCUT2D eigenvalue weighted by molar-refractivity contribution is -0.120. The summed E-state index contributed by atoms with van der Waals surface area (Å²) in [6.07, 6.45) is 26.3. The molecule has 0 fully saturated rings. The number of hydrogen-bond donors (Lipinski definition) is 6. The van der Waals surface area contributed by atoms with Crippen LogP contribution in [-0.2, 0) is 11.2 Å².